The Morgan fingerprint density at radius 3 is 2.33 bits per heavy atom. The zero-order valence-corrected chi connectivity index (χ0v) is 12.3. The molecule has 2 N–H and O–H groups in total. The first-order chi connectivity index (χ1) is 8.41. The molecule has 0 aliphatic heterocycles. The van der Waals surface area contributed by atoms with Gasteiger partial charge >= 0.3 is 0 Å². The first-order valence-corrected chi connectivity index (χ1v) is 7.25. The van der Waals surface area contributed by atoms with Crippen LogP contribution in [-0.4, -0.2) is 5.54 Å². The van der Waals surface area contributed by atoms with Crippen molar-refractivity contribution in [2.45, 2.75) is 58.9 Å². The molecule has 1 nitrogen and oxygen atoms in total. The Morgan fingerprint density at radius 2 is 1.78 bits per heavy atom. The zero-order chi connectivity index (χ0) is 13.3. The molecule has 1 aliphatic carbocycles. The molecule has 0 saturated heterocycles. The maximum atomic E-state index is 6.68. The van der Waals surface area contributed by atoms with Crippen LogP contribution in [0.5, 0.6) is 0 Å². The molecule has 0 heterocycles. The summed E-state index contributed by atoms with van der Waals surface area (Å²) < 4.78 is 0. The Balaban J connectivity index is 2.18. The fourth-order valence-corrected chi connectivity index (χ4v) is 3.38. The Morgan fingerprint density at radius 1 is 1.17 bits per heavy atom. The molecule has 1 fully saturated rings. The molecule has 1 aliphatic rings. The summed E-state index contributed by atoms with van der Waals surface area (Å²) in [6, 6.07) is 6.56. The Hall–Kier alpha value is -0.820. The average Bonchev–Trinajstić information content (AvgIpc) is 2.30. The van der Waals surface area contributed by atoms with Gasteiger partial charge in [0.1, 0.15) is 0 Å². The standard InChI is InChI=1S/C17H27N/c1-12-8-9-17(18,10-15(12)4)11-16-13(2)6-5-7-14(16)3/h5-7,12,15H,8-11,18H2,1-4H3. The monoisotopic (exact) mass is 245 g/mol. The van der Waals surface area contributed by atoms with Crippen LogP contribution < -0.4 is 5.73 Å². The lowest BCUT2D eigenvalue weighted by molar-refractivity contribution is 0.175. The van der Waals surface area contributed by atoms with Gasteiger partial charge in [0.2, 0.25) is 0 Å². The summed E-state index contributed by atoms with van der Waals surface area (Å²) in [5, 5.41) is 0. The van der Waals surface area contributed by atoms with Crippen molar-refractivity contribution in [3.8, 4) is 0 Å². The predicted octanol–water partition coefficient (Wildman–Crippen LogP) is 4.00. The van der Waals surface area contributed by atoms with Gasteiger partial charge in [0.25, 0.3) is 0 Å². The molecule has 0 spiro atoms. The van der Waals surface area contributed by atoms with Crippen molar-refractivity contribution in [1.82, 2.24) is 0 Å². The van der Waals surface area contributed by atoms with Crippen molar-refractivity contribution in [2.75, 3.05) is 0 Å². The zero-order valence-electron chi connectivity index (χ0n) is 12.3. The van der Waals surface area contributed by atoms with E-state index in [4.69, 9.17) is 5.73 Å². The number of rotatable bonds is 2. The molecule has 2 rings (SSSR count). The van der Waals surface area contributed by atoms with E-state index >= 15 is 0 Å². The summed E-state index contributed by atoms with van der Waals surface area (Å²) in [6.07, 6.45) is 4.67. The maximum Gasteiger partial charge on any atom is 0.0198 e. The summed E-state index contributed by atoms with van der Waals surface area (Å²) >= 11 is 0. The highest BCUT2D eigenvalue weighted by molar-refractivity contribution is 5.35. The number of benzene rings is 1. The van der Waals surface area contributed by atoms with Gasteiger partial charge in [-0.05, 0) is 68.1 Å². The van der Waals surface area contributed by atoms with Crippen molar-refractivity contribution in [3.63, 3.8) is 0 Å². The molecule has 100 valence electrons. The topological polar surface area (TPSA) is 26.0 Å². The quantitative estimate of drug-likeness (QED) is 0.837. The number of hydrogen-bond acceptors (Lipinski definition) is 1. The Kier molecular flexibility index (Phi) is 3.82. The second kappa shape index (κ2) is 5.05. The van der Waals surface area contributed by atoms with E-state index < -0.39 is 0 Å². The van der Waals surface area contributed by atoms with Crippen molar-refractivity contribution in [3.05, 3.63) is 34.9 Å². The first kappa shape index (κ1) is 13.6. The second-order valence-corrected chi connectivity index (χ2v) is 6.61. The molecule has 1 saturated carbocycles. The highest BCUT2D eigenvalue weighted by Crippen LogP contribution is 2.37. The van der Waals surface area contributed by atoms with Crippen LogP contribution >= 0.6 is 0 Å². The van der Waals surface area contributed by atoms with Gasteiger partial charge in [-0.15, -0.1) is 0 Å². The summed E-state index contributed by atoms with van der Waals surface area (Å²) in [6.45, 7) is 9.14. The van der Waals surface area contributed by atoms with E-state index in [2.05, 4.69) is 45.9 Å². The summed E-state index contributed by atoms with van der Waals surface area (Å²) in [5.74, 6) is 1.59. The van der Waals surface area contributed by atoms with Gasteiger partial charge in [0.05, 0.1) is 0 Å². The van der Waals surface area contributed by atoms with Crippen LogP contribution in [0.1, 0.15) is 49.8 Å². The lowest BCUT2D eigenvalue weighted by Crippen LogP contribution is -2.47. The minimum atomic E-state index is 0.0167. The fraction of sp³-hybridized carbons (Fsp3) is 0.647. The third-order valence-electron chi connectivity index (χ3n) is 4.97. The molecule has 1 aromatic rings. The van der Waals surface area contributed by atoms with E-state index in [1.165, 1.54) is 36.0 Å². The molecule has 18 heavy (non-hydrogen) atoms. The van der Waals surface area contributed by atoms with E-state index in [0.717, 1.165) is 18.3 Å². The van der Waals surface area contributed by atoms with Crippen LogP contribution in [0.2, 0.25) is 0 Å². The fourth-order valence-electron chi connectivity index (χ4n) is 3.38. The Bertz CT molecular complexity index is 403. The number of hydrogen-bond donors (Lipinski definition) is 1. The highest BCUT2D eigenvalue weighted by Gasteiger charge is 2.34. The molecular weight excluding hydrogens is 218 g/mol. The highest BCUT2D eigenvalue weighted by atomic mass is 14.7. The molecular formula is C17H27N. The van der Waals surface area contributed by atoms with E-state index in [1.54, 1.807) is 0 Å². The van der Waals surface area contributed by atoms with E-state index in [9.17, 15) is 0 Å². The lowest BCUT2D eigenvalue weighted by Gasteiger charge is -2.41. The van der Waals surface area contributed by atoms with Crippen molar-refractivity contribution in [1.29, 1.82) is 0 Å². The van der Waals surface area contributed by atoms with Gasteiger partial charge < -0.3 is 5.73 Å². The maximum absolute atomic E-state index is 6.68. The van der Waals surface area contributed by atoms with Gasteiger partial charge in [-0.25, -0.2) is 0 Å². The summed E-state index contributed by atoms with van der Waals surface area (Å²) in [5.41, 5.74) is 11.0. The van der Waals surface area contributed by atoms with Crippen molar-refractivity contribution >= 4 is 0 Å². The number of nitrogens with two attached hydrogens (primary N) is 1. The van der Waals surface area contributed by atoms with E-state index in [-0.39, 0.29) is 5.54 Å². The van der Waals surface area contributed by atoms with Crippen LogP contribution in [0.15, 0.2) is 18.2 Å². The molecule has 3 unspecified atom stereocenters. The predicted molar refractivity (Wildman–Crippen MR) is 78.7 cm³/mol. The van der Waals surface area contributed by atoms with Crippen LogP contribution in [0.3, 0.4) is 0 Å². The molecule has 1 heteroatoms. The third kappa shape index (κ3) is 2.77. The van der Waals surface area contributed by atoms with Gasteiger partial charge in [-0.3, -0.25) is 0 Å². The van der Waals surface area contributed by atoms with Crippen molar-refractivity contribution < 1.29 is 0 Å². The van der Waals surface area contributed by atoms with Gasteiger partial charge in [-0.1, -0.05) is 32.0 Å². The molecule has 1 aromatic carbocycles. The molecule has 3 atom stereocenters. The summed E-state index contributed by atoms with van der Waals surface area (Å²) in [7, 11) is 0. The average molecular weight is 245 g/mol. The van der Waals surface area contributed by atoms with Gasteiger partial charge in [0, 0.05) is 5.54 Å². The number of aryl methyl sites for hydroxylation is 2. The van der Waals surface area contributed by atoms with Crippen molar-refractivity contribution in [2.24, 2.45) is 17.6 Å². The molecule has 0 aromatic heterocycles. The normalized spacial score (nSPS) is 32.5. The van der Waals surface area contributed by atoms with Crippen LogP contribution in [-0.2, 0) is 6.42 Å². The largest absolute Gasteiger partial charge is 0.325 e. The second-order valence-electron chi connectivity index (χ2n) is 6.61. The molecule has 0 amide bonds. The van der Waals surface area contributed by atoms with Crippen LogP contribution in [0, 0.1) is 25.7 Å². The minimum absolute atomic E-state index is 0.0167. The smallest absolute Gasteiger partial charge is 0.0198 e. The Labute approximate surface area is 112 Å². The molecule has 0 bridgehead atoms. The van der Waals surface area contributed by atoms with Crippen LogP contribution in [0.4, 0.5) is 0 Å². The lowest BCUT2D eigenvalue weighted by atomic mass is 9.69. The molecule has 0 radical (unpaired) electrons. The van der Waals surface area contributed by atoms with E-state index in [1.807, 2.05) is 0 Å². The van der Waals surface area contributed by atoms with E-state index in [0.29, 0.717) is 0 Å². The van der Waals surface area contributed by atoms with Crippen LogP contribution in [0.25, 0.3) is 0 Å². The minimum Gasteiger partial charge on any atom is -0.325 e. The SMILES string of the molecule is Cc1cccc(C)c1CC1(N)CCC(C)C(C)C1. The van der Waals surface area contributed by atoms with Gasteiger partial charge in [0.15, 0.2) is 0 Å². The third-order valence-corrected chi connectivity index (χ3v) is 4.97. The van der Waals surface area contributed by atoms with Gasteiger partial charge in [-0.2, -0.15) is 0 Å². The summed E-state index contributed by atoms with van der Waals surface area (Å²) in [4.78, 5) is 0. The first-order valence-electron chi connectivity index (χ1n) is 7.25.